The van der Waals surface area contributed by atoms with Gasteiger partial charge in [-0.1, -0.05) is 44.8 Å². The van der Waals surface area contributed by atoms with Crippen LogP contribution in [0.15, 0.2) is 37.8 Å². The van der Waals surface area contributed by atoms with Crippen LogP contribution in [-0.2, 0) is 6.54 Å². The van der Waals surface area contributed by atoms with Gasteiger partial charge in [0.2, 0.25) is 0 Å². The molecule has 1 aromatic heterocycles. The smallest absolute Gasteiger partial charge is 0.0745 e. The molecule has 0 spiro atoms. The largest absolute Gasteiger partial charge is 0.319 e. The third-order valence-electron chi connectivity index (χ3n) is 2.86. The first kappa shape index (κ1) is 15.2. The minimum Gasteiger partial charge on any atom is -0.319 e. The summed E-state index contributed by atoms with van der Waals surface area (Å²) in [4.78, 5) is 0. The first-order chi connectivity index (χ1) is 9.04. The number of nitrogens with two attached hydrogens (primary N) is 1. The van der Waals surface area contributed by atoms with Gasteiger partial charge in [-0.15, -0.1) is 0 Å². The second kappa shape index (κ2) is 6.52. The van der Waals surface area contributed by atoms with E-state index in [2.05, 4.69) is 59.8 Å². The summed E-state index contributed by atoms with van der Waals surface area (Å²) in [5.41, 5.74) is 8.46. The van der Waals surface area contributed by atoms with E-state index in [4.69, 9.17) is 5.73 Å². The van der Waals surface area contributed by atoms with E-state index in [1.54, 1.807) is 6.20 Å². The third kappa shape index (κ3) is 3.29. The molecule has 0 aliphatic heterocycles. The molecule has 1 atom stereocenters. The monoisotopic (exact) mass is 449 g/mol. The van der Waals surface area contributed by atoms with Gasteiger partial charge in [-0.3, -0.25) is 4.68 Å². The molecule has 2 N–H and O–H groups in total. The van der Waals surface area contributed by atoms with E-state index in [-0.39, 0.29) is 6.04 Å². The molecule has 0 amide bonds. The lowest BCUT2D eigenvalue weighted by Crippen LogP contribution is -2.18. The molecular weight excluding hydrogens is 438 g/mol. The molecule has 1 heterocycles. The number of aromatic nitrogens is 2. The lowest BCUT2D eigenvalue weighted by Gasteiger charge is -2.17. The van der Waals surface area contributed by atoms with Crippen LogP contribution >= 0.6 is 47.8 Å². The van der Waals surface area contributed by atoms with Crippen LogP contribution in [-0.4, -0.2) is 9.78 Å². The standard InChI is InChI=1S/C13H14Br3N3/c1-2-5-19-13(11(16)7-18-19)12(17)9-4-3-8(14)6-10(9)15/h3-4,6-7,12H,2,5,17H2,1H3. The average molecular weight is 452 g/mol. The Morgan fingerprint density at radius 1 is 1.26 bits per heavy atom. The van der Waals surface area contributed by atoms with Gasteiger partial charge < -0.3 is 5.73 Å². The van der Waals surface area contributed by atoms with Crippen molar-refractivity contribution in [3.05, 3.63) is 49.1 Å². The van der Waals surface area contributed by atoms with Crippen molar-refractivity contribution in [3.63, 3.8) is 0 Å². The molecule has 2 rings (SSSR count). The van der Waals surface area contributed by atoms with Crippen LogP contribution in [0.3, 0.4) is 0 Å². The molecule has 3 nitrogen and oxygen atoms in total. The van der Waals surface area contributed by atoms with Crippen molar-refractivity contribution in [2.75, 3.05) is 0 Å². The number of halogens is 3. The maximum absolute atomic E-state index is 6.41. The molecule has 0 saturated carbocycles. The highest BCUT2D eigenvalue weighted by Gasteiger charge is 2.20. The zero-order valence-electron chi connectivity index (χ0n) is 10.4. The Kier molecular flexibility index (Phi) is 5.22. The maximum Gasteiger partial charge on any atom is 0.0745 e. The van der Waals surface area contributed by atoms with Crippen molar-refractivity contribution in [1.82, 2.24) is 9.78 Å². The Morgan fingerprint density at radius 2 is 2.00 bits per heavy atom. The summed E-state index contributed by atoms with van der Waals surface area (Å²) in [6.45, 7) is 2.99. The fourth-order valence-electron chi connectivity index (χ4n) is 1.97. The third-order valence-corrected chi connectivity index (χ3v) is 4.65. The zero-order chi connectivity index (χ0) is 14.0. The maximum atomic E-state index is 6.41. The van der Waals surface area contributed by atoms with Crippen LogP contribution in [0.5, 0.6) is 0 Å². The van der Waals surface area contributed by atoms with E-state index in [9.17, 15) is 0 Å². The van der Waals surface area contributed by atoms with Crippen molar-refractivity contribution in [2.45, 2.75) is 25.9 Å². The van der Waals surface area contributed by atoms with Crippen LogP contribution < -0.4 is 5.73 Å². The fraction of sp³-hybridized carbons (Fsp3) is 0.308. The molecule has 0 aliphatic carbocycles. The van der Waals surface area contributed by atoms with Gasteiger partial charge in [-0.25, -0.2) is 0 Å². The zero-order valence-corrected chi connectivity index (χ0v) is 15.2. The fourth-order valence-corrected chi connectivity index (χ4v) is 3.81. The van der Waals surface area contributed by atoms with E-state index >= 15 is 0 Å². The molecule has 0 bridgehead atoms. The second-order valence-corrected chi connectivity index (χ2v) is 6.87. The summed E-state index contributed by atoms with van der Waals surface area (Å²) >= 11 is 10.6. The predicted molar refractivity (Wildman–Crippen MR) is 88.1 cm³/mol. The molecule has 102 valence electrons. The van der Waals surface area contributed by atoms with E-state index in [0.717, 1.165) is 37.6 Å². The Bertz CT molecular complexity index is 581. The topological polar surface area (TPSA) is 43.8 Å². The lowest BCUT2D eigenvalue weighted by atomic mass is 10.0. The molecule has 0 radical (unpaired) electrons. The highest BCUT2D eigenvalue weighted by atomic mass is 79.9. The minimum absolute atomic E-state index is 0.217. The summed E-state index contributed by atoms with van der Waals surface area (Å²) in [6.07, 6.45) is 2.83. The van der Waals surface area contributed by atoms with Gasteiger partial charge in [0.1, 0.15) is 0 Å². The summed E-state index contributed by atoms with van der Waals surface area (Å²) in [7, 11) is 0. The first-order valence-corrected chi connectivity index (χ1v) is 8.34. The first-order valence-electron chi connectivity index (χ1n) is 5.96. The normalized spacial score (nSPS) is 12.7. The van der Waals surface area contributed by atoms with Crippen LogP contribution in [0.25, 0.3) is 0 Å². The number of aryl methyl sites for hydroxylation is 1. The van der Waals surface area contributed by atoms with Crippen molar-refractivity contribution < 1.29 is 0 Å². The summed E-state index contributed by atoms with van der Waals surface area (Å²) < 4.78 is 4.92. The highest BCUT2D eigenvalue weighted by Crippen LogP contribution is 2.32. The molecule has 1 aromatic carbocycles. The SMILES string of the molecule is CCCn1ncc(Br)c1C(N)c1ccc(Br)cc1Br. The van der Waals surface area contributed by atoms with Crippen molar-refractivity contribution in [3.8, 4) is 0 Å². The quantitative estimate of drug-likeness (QED) is 0.736. The number of nitrogens with zero attached hydrogens (tertiary/aromatic N) is 2. The number of benzene rings is 1. The van der Waals surface area contributed by atoms with Gasteiger partial charge >= 0.3 is 0 Å². The summed E-state index contributed by atoms with van der Waals surface area (Å²) in [5, 5.41) is 4.36. The molecule has 0 saturated heterocycles. The Morgan fingerprint density at radius 3 is 2.63 bits per heavy atom. The Balaban J connectivity index is 2.43. The van der Waals surface area contributed by atoms with Crippen LogP contribution in [0, 0.1) is 0 Å². The van der Waals surface area contributed by atoms with E-state index < -0.39 is 0 Å². The van der Waals surface area contributed by atoms with Gasteiger partial charge in [0, 0.05) is 15.5 Å². The number of rotatable bonds is 4. The molecule has 19 heavy (non-hydrogen) atoms. The average Bonchev–Trinajstić information content (AvgIpc) is 2.70. The van der Waals surface area contributed by atoms with Gasteiger partial charge in [0.15, 0.2) is 0 Å². The van der Waals surface area contributed by atoms with Crippen molar-refractivity contribution in [1.29, 1.82) is 0 Å². The Labute approximate surface area is 137 Å². The number of hydrogen-bond donors (Lipinski definition) is 1. The van der Waals surface area contributed by atoms with Crippen molar-refractivity contribution in [2.24, 2.45) is 5.73 Å². The molecule has 2 aromatic rings. The highest BCUT2D eigenvalue weighted by molar-refractivity contribution is 9.11. The van der Waals surface area contributed by atoms with E-state index in [0.29, 0.717) is 0 Å². The van der Waals surface area contributed by atoms with Gasteiger partial charge in [0.25, 0.3) is 0 Å². The molecule has 1 unspecified atom stereocenters. The van der Waals surface area contributed by atoms with Crippen molar-refractivity contribution >= 4 is 47.8 Å². The number of hydrogen-bond acceptors (Lipinski definition) is 2. The van der Waals surface area contributed by atoms with Crippen LogP contribution in [0.4, 0.5) is 0 Å². The van der Waals surface area contributed by atoms with E-state index in [1.807, 2.05) is 22.9 Å². The van der Waals surface area contributed by atoms with Gasteiger partial charge in [0.05, 0.1) is 22.4 Å². The Hall–Kier alpha value is -0.170. The lowest BCUT2D eigenvalue weighted by molar-refractivity contribution is 0.558. The minimum atomic E-state index is -0.217. The predicted octanol–water partition coefficient (Wildman–Crippen LogP) is 4.63. The molecule has 0 aliphatic rings. The van der Waals surface area contributed by atoms with E-state index in [1.165, 1.54) is 0 Å². The molecule has 6 heteroatoms. The summed E-state index contributed by atoms with van der Waals surface area (Å²) in [6, 6.07) is 5.80. The summed E-state index contributed by atoms with van der Waals surface area (Å²) in [5.74, 6) is 0. The van der Waals surface area contributed by atoms with Crippen LogP contribution in [0.2, 0.25) is 0 Å². The second-order valence-electron chi connectivity index (χ2n) is 4.24. The van der Waals surface area contributed by atoms with Gasteiger partial charge in [-0.2, -0.15) is 5.10 Å². The van der Waals surface area contributed by atoms with Gasteiger partial charge in [-0.05, 0) is 40.0 Å². The molecular formula is C13H14Br3N3. The van der Waals surface area contributed by atoms with Crippen LogP contribution in [0.1, 0.15) is 30.6 Å². The molecule has 0 fully saturated rings.